The molecule has 2 aromatic carbocycles. The number of rotatable bonds is 6. The zero-order chi connectivity index (χ0) is 18.7. The van der Waals surface area contributed by atoms with Gasteiger partial charge in [-0.2, -0.15) is 0 Å². The van der Waals surface area contributed by atoms with E-state index in [4.69, 9.17) is 14.2 Å². The van der Waals surface area contributed by atoms with Crippen molar-refractivity contribution in [3.8, 4) is 17.2 Å². The summed E-state index contributed by atoms with van der Waals surface area (Å²) in [5.74, 6) is 1.80. The number of ether oxygens (including phenoxy) is 3. The second-order valence-corrected chi connectivity index (χ2v) is 6.31. The van der Waals surface area contributed by atoms with Gasteiger partial charge in [0, 0.05) is 23.8 Å². The highest BCUT2D eigenvalue weighted by Crippen LogP contribution is 2.36. The minimum atomic E-state index is -0.428. The minimum Gasteiger partial charge on any atom is -0.496 e. The van der Waals surface area contributed by atoms with Crippen LogP contribution in [0.4, 0.5) is 5.69 Å². The largest absolute Gasteiger partial charge is 0.496 e. The summed E-state index contributed by atoms with van der Waals surface area (Å²) in [4.78, 5) is 14.9. The van der Waals surface area contributed by atoms with Crippen molar-refractivity contribution in [3.63, 3.8) is 0 Å². The second-order valence-electron chi connectivity index (χ2n) is 5.24. The van der Waals surface area contributed by atoms with E-state index in [1.807, 2.05) is 18.2 Å². The van der Waals surface area contributed by atoms with Crippen LogP contribution in [-0.2, 0) is 0 Å². The second kappa shape index (κ2) is 7.40. The average Bonchev–Trinajstić information content (AvgIpc) is 3.07. The van der Waals surface area contributed by atoms with Crippen molar-refractivity contribution in [3.05, 3.63) is 51.0 Å². The number of thiazole rings is 1. The zero-order valence-corrected chi connectivity index (χ0v) is 15.2. The predicted molar refractivity (Wildman–Crippen MR) is 101 cm³/mol. The molecule has 0 unspecified atom stereocenters. The SMILES string of the molecule is COc1cc(OC)c(OC)cc1/C=C/c1nc2cc([N+](=O)[O-])ccc2s1. The number of hydrogen-bond acceptors (Lipinski definition) is 7. The first-order valence-corrected chi connectivity index (χ1v) is 8.40. The maximum Gasteiger partial charge on any atom is 0.271 e. The van der Waals surface area contributed by atoms with Gasteiger partial charge in [0.05, 0.1) is 36.5 Å². The van der Waals surface area contributed by atoms with Crippen molar-refractivity contribution >= 4 is 39.4 Å². The highest BCUT2D eigenvalue weighted by Gasteiger charge is 2.11. The number of nitrogens with zero attached hydrogens (tertiary/aromatic N) is 2. The lowest BCUT2D eigenvalue weighted by Crippen LogP contribution is -1.94. The lowest BCUT2D eigenvalue weighted by atomic mass is 10.1. The summed E-state index contributed by atoms with van der Waals surface area (Å²) in [5, 5.41) is 11.6. The maximum absolute atomic E-state index is 10.9. The number of methoxy groups -OCH3 is 3. The van der Waals surface area contributed by atoms with Crippen LogP contribution >= 0.6 is 11.3 Å². The Bertz CT molecular complexity index is 997. The summed E-state index contributed by atoms with van der Waals surface area (Å²) in [6.45, 7) is 0. The zero-order valence-electron chi connectivity index (χ0n) is 14.4. The molecule has 134 valence electrons. The monoisotopic (exact) mass is 372 g/mol. The predicted octanol–water partition coefficient (Wildman–Crippen LogP) is 4.40. The molecule has 1 aromatic heterocycles. The molecular weight excluding hydrogens is 356 g/mol. The van der Waals surface area contributed by atoms with Crippen LogP contribution in [-0.4, -0.2) is 31.2 Å². The molecular formula is C18H16N2O5S. The third-order valence-electron chi connectivity index (χ3n) is 3.74. The number of non-ortho nitro benzene ring substituents is 1. The average molecular weight is 372 g/mol. The number of nitro groups is 1. The van der Waals surface area contributed by atoms with E-state index in [1.54, 1.807) is 33.5 Å². The van der Waals surface area contributed by atoms with E-state index in [1.165, 1.54) is 23.5 Å². The normalized spacial score (nSPS) is 11.0. The van der Waals surface area contributed by atoms with Crippen molar-refractivity contribution in [2.24, 2.45) is 0 Å². The lowest BCUT2D eigenvalue weighted by Gasteiger charge is -2.11. The number of benzene rings is 2. The summed E-state index contributed by atoms with van der Waals surface area (Å²) < 4.78 is 16.9. The fraction of sp³-hybridized carbons (Fsp3) is 0.167. The van der Waals surface area contributed by atoms with Gasteiger partial charge < -0.3 is 14.2 Å². The molecule has 26 heavy (non-hydrogen) atoms. The van der Waals surface area contributed by atoms with Crippen LogP contribution in [0.1, 0.15) is 10.6 Å². The van der Waals surface area contributed by atoms with Gasteiger partial charge >= 0.3 is 0 Å². The van der Waals surface area contributed by atoms with E-state index in [0.717, 1.165) is 15.3 Å². The maximum atomic E-state index is 10.9. The Morgan fingerprint density at radius 2 is 1.69 bits per heavy atom. The number of fused-ring (bicyclic) bond motifs is 1. The Morgan fingerprint density at radius 3 is 2.35 bits per heavy atom. The topological polar surface area (TPSA) is 83.7 Å². The highest BCUT2D eigenvalue weighted by atomic mass is 32.1. The molecule has 0 aliphatic rings. The van der Waals surface area contributed by atoms with Crippen LogP contribution in [0.15, 0.2) is 30.3 Å². The molecule has 8 heteroatoms. The summed E-state index contributed by atoms with van der Waals surface area (Å²) >= 11 is 1.45. The van der Waals surface area contributed by atoms with Gasteiger partial charge in [0.25, 0.3) is 5.69 Å². The number of aromatic nitrogens is 1. The highest BCUT2D eigenvalue weighted by molar-refractivity contribution is 7.19. The molecule has 0 amide bonds. The molecule has 0 radical (unpaired) electrons. The standard InChI is InChI=1S/C18H16N2O5S/c1-23-14-10-16(25-3)15(24-2)8-11(14)4-7-18-19-13-9-12(20(21)22)5-6-17(13)26-18/h4-10H,1-3H3/b7-4+. The van der Waals surface area contributed by atoms with Gasteiger partial charge in [0.15, 0.2) is 11.5 Å². The first-order valence-electron chi connectivity index (χ1n) is 7.58. The molecule has 0 N–H and O–H groups in total. The first-order chi connectivity index (χ1) is 12.5. The number of hydrogen-bond donors (Lipinski definition) is 0. The van der Waals surface area contributed by atoms with Gasteiger partial charge in [-0.3, -0.25) is 10.1 Å². The Balaban J connectivity index is 1.96. The van der Waals surface area contributed by atoms with Crippen LogP contribution in [0, 0.1) is 10.1 Å². The van der Waals surface area contributed by atoms with E-state index < -0.39 is 4.92 Å². The van der Waals surface area contributed by atoms with E-state index in [2.05, 4.69) is 4.98 Å². The van der Waals surface area contributed by atoms with E-state index >= 15 is 0 Å². The van der Waals surface area contributed by atoms with Crippen molar-refractivity contribution in [1.82, 2.24) is 4.98 Å². The lowest BCUT2D eigenvalue weighted by molar-refractivity contribution is -0.384. The molecule has 0 spiro atoms. The van der Waals surface area contributed by atoms with Crippen LogP contribution < -0.4 is 14.2 Å². The third kappa shape index (κ3) is 3.45. The van der Waals surface area contributed by atoms with E-state index in [9.17, 15) is 10.1 Å². The van der Waals surface area contributed by atoms with E-state index in [-0.39, 0.29) is 5.69 Å². The Morgan fingerprint density at radius 1 is 1.00 bits per heavy atom. The van der Waals surface area contributed by atoms with Gasteiger partial charge in [0.2, 0.25) is 0 Å². The van der Waals surface area contributed by atoms with Crippen LogP contribution in [0.3, 0.4) is 0 Å². The molecule has 0 fully saturated rings. The first kappa shape index (κ1) is 17.7. The van der Waals surface area contributed by atoms with Crippen molar-refractivity contribution in [2.45, 2.75) is 0 Å². The molecule has 0 aliphatic carbocycles. The van der Waals surface area contributed by atoms with Crippen LogP contribution in [0.5, 0.6) is 17.2 Å². The molecule has 0 bridgehead atoms. The van der Waals surface area contributed by atoms with Crippen molar-refractivity contribution in [2.75, 3.05) is 21.3 Å². The summed E-state index contributed by atoms with van der Waals surface area (Å²) in [6, 6.07) is 8.22. The van der Waals surface area contributed by atoms with Gasteiger partial charge in [-0.1, -0.05) is 0 Å². The third-order valence-corrected chi connectivity index (χ3v) is 4.74. The molecule has 0 saturated carbocycles. The van der Waals surface area contributed by atoms with E-state index in [0.29, 0.717) is 22.8 Å². The molecule has 3 aromatic rings. The molecule has 1 heterocycles. The Hall–Kier alpha value is -3.13. The fourth-order valence-corrected chi connectivity index (χ4v) is 3.31. The minimum absolute atomic E-state index is 0.0277. The fourth-order valence-electron chi connectivity index (χ4n) is 2.46. The van der Waals surface area contributed by atoms with Crippen LogP contribution in [0.25, 0.3) is 22.4 Å². The van der Waals surface area contributed by atoms with Crippen LogP contribution in [0.2, 0.25) is 0 Å². The summed E-state index contributed by atoms with van der Waals surface area (Å²) in [7, 11) is 4.71. The molecule has 7 nitrogen and oxygen atoms in total. The Kier molecular flexibility index (Phi) is 5.04. The Labute approximate surface area is 153 Å². The molecule has 0 saturated heterocycles. The van der Waals surface area contributed by atoms with Gasteiger partial charge in [0.1, 0.15) is 10.8 Å². The van der Waals surface area contributed by atoms with Crippen molar-refractivity contribution < 1.29 is 19.1 Å². The summed E-state index contributed by atoms with van der Waals surface area (Å²) in [6.07, 6.45) is 3.69. The van der Waals surface area contributed by atoms with Gasteiger partial charge in [-0.25, -0.2) is 4.98 Å². The molecule has 0 aliphatic heterocycles. The number of nitro benzene ring substituents is 1. The quantitative estimate of drug-likeness (QED) is 0.471. The molecule has 3 rings (SSSR count). The van der Waals surface area contributed by atoms with Crippen molar-refractivity contribution in [1.29, 1.82) is 0 Å². The smallest absolute Gasteiger partial charge is 0.271 e. The van der Waals surface area contributed by atoms with Gasteiger partial charge in [-0.05, 0) is 24.3 Å². The van der Waals surface area contributed by atoms with Gasteiger partial charge in [-0.15, -0.1) is 11.3 Å². The summed E-state index contributed by atoms with van der Waals surface area (Å²) in [5.41, 5.74) is 1.43. The molecule has 0 atom stereocenters.